The molecule has 0 saturated carbocycles. The van der Waals surface area contributed by atoms with Crippen molar-refractivity contribution in [2.24, 2.45) is 12.8 Å². The van der Waals surface area contributed by atoms with E-state index in [9.17, 15) is 0 Å². The molecule has 0 aliphatic rings. The van der Waals surface area contributed by atoms with E-state index >= 15 is 0 Å². The summed E-state index contributed by atoms with van der Waals surface area (Å²) >= 11 is 5.91. The van der Waals surface area contributed by atoms with Gasteiger partial charge in [-0.15, -0.1) is 0 Å². The number of aromatic nitrogens is 3. The Morgan fingerprint density at radius 2 is 2.31 bits per heavy atom. The van der Waals surface area contributed by atoms with Gasteiger partial charge in [-0.2, -0.15) is 5.10 Å². The number of nitrogens with two attached hydrogens (primary N) is 1. The molecule has 16 heavy (non-hydrogen) atoms. The molecule has 1 aromatic heterocycles. The highest BCUT2D eigenvalue weighted by Gasteiger charge is 2.10. The number of aryl methyl sites for hydroxylation is 1. The van der Waals surface area contributed by atoms with Gasteiger partial charge in [0.1, 0.15) is 12.2 Å². The van der Waals surface area contributed by atoms with Gasteiger partial charge in [-0.1, -0.05) is 23.7 Å². The second-order valence-corrected chi connectivity index (χ2v) is 4.10. The Hall–Kier alpha value is -1.39. The van der Waals surface area contributed by atoms with E-state index in [0.29, 0.717) is 11.4 Å². The summed E-state index contributed by atoms with van der Waals surface area (Å²) in [5.74, 6) is 0.868. The lowest BCUT2D eigenvalue weighted by Crippen LogP contribution is -2.16. The smallest absolute Gasteiger partial charge is 0.138 e. The summed E-state index contributed by atoms with van der Waals surface area (Å²) in [5.41, 5.74) is 7.09. The molecule has 5 heteroatoms. The lowest BCUT2D eigenvalue weighted by molar-refractivity contribution is 0.629. The SMILES string of the molecule is Cn1ncnc1CC(N)c1cccc(Cl)c1. The van der Waals surface area contributed by atoms with Gasteiger partial charge in [0.15, 0.2) is 0 Å². The maximum Gasteiger partial charge on any atom is 0.138 e. The number of hydrogen-bond donors (Lipinski definition) is 1. The molecule has 84 valence electrons. The van der Waals surface area contributed by atoms with Crippen LogP contribution in [0.4, 0.5) is 0 Å². The van der Waals surface area contributed by atoms with Crippen molar-refractivity contribution < 1.29 is 0 Å². The number of benzene rings is 1. The predicted octanol–water partition coefficient (Wildman–Crippen LogP) is 1.71. The monoisotopic (exact) mass is 236 g/mol. The second kappa shape index (κ2) is 4.63. The molecule has 0 spiro atoms. The zero-order valence-corrected chi connectivity index (χ0v) is 9.72. The van der Waals surface area contributed by atoms with E-state index in [1.165, 1.54) is 6.33 Å². The minimum Gasteiger partial charge on any atom is -0.324 e. The Morgan fingerprint density at radius 1 is 1.50 bits per heavy atom. The molecule has 1 unspecified atom stereocenters. The molecule has 1 heterocycles. The summed E-state index contributed by atoms with van der Waals surface area (Å²) in [6, 6.07) is 7.46. The normalized spacial score (nSPS) is 12.7. The maximum absolute atomic E-state index is 6.08. The van der Waals surface area contributed by atoms with Gasteiger partial charge >= 0.3 is 0 Å². The van der Waals surface area contributed by atoms with E-state index in [0.717, 1.165) is 11.4 Å². The number of nitrogens with zero attached hydrogens (tertiary/aromatic N) is 3. The van der Waals surface area contributed by atoms with E-state index in [-0.39, 0.29) is 6.04 Å². The van der Waals surface area contributed by atoms with Gasteiger partial charge in [0, 0.05) is 24.5 Å². The minimum absolute atomic E-state index is 0.110. The Morgan fingerprint density at radius 3 is 2.94 bits per heavy atom. The highest BCUT2D eigenvalue weighted by atomic mass is 35.5. The third-order valence-corrected chi connectivity index (χ3v) is 2.72. The zero-order chi connectivity index (χ0) is 11.5. The van der Waals surface area contributed by atoms with Crippen LogP contribution in [-0.2, 0) is 13.5 Å². The fourth-order valence-corrected chi connectivity index (χ4v) is 1.76. The lowest BCUT2D eigenvalue weighted by atomic mass is 10.0. The van der Waals surface area contributed by atoms with Crippen molar-refractivity contribution in [3.63, 3.8) is 0 Å². The van der Waals surface area contributed by atoms with E-state index in [1.807, 2.05) is 31.3 Å². The molecule has 0 radical (unpaired) electrons. The van der Waals surface area contributed by atoms with Crippen molar-refractivity contribution in [3.05, 3.63) is 47.0 Å². The molecule has 2 rings (SSSR count). The summed E-state index contributed by atoms with van der Waals surface area (Å²) in [5, 5.41) is 4.70. The average Bonchev–Trinajstić information content (AvgIpc) is 2.64. The number of rotatable bonds is 3. The molecule has 2 aromatic rings. The molecule has 0 saturated heterocycles. The standard InChI is InChI=1S/C11H13ClN4/c1-16-11(14-7-15-16)6-10(13)8-3-2-4-9(12)5-8/h2-5,7,10H,6,13H2,1H3. The highest BCUT2D eigenvalue weighted by Crippen LogP contribution is 2.18. The topological polar surface area (TPSA) is 56.7 Å². The van der Waals surface area contributed by atoms with Gasteiger partial charge in [-0.25, -0.2) is 4.98 Å². The summed E-state index contributed by atoms with van der Waals surface area (Å²) in [6.45, 7) is 0. The molecule has 2 N–H and O–H groups in total. The third-order valence-electron chi connectivity index (χ3n) is 2.48. The van der Waals surface area contributed by atoms with Gasteiger partial charge in [0.2, 0.25) is 0 Å². The largest absolute Gasteiger partial charge is 0.324 e. The Bertz CT molecular complexity index is 480. The number of hydrogen-bond acceptors (Lipinski definition) is 3. The van der Waals surface area contributed by atoms with Crippen molar-refractivity contribution in [3.8, 4) is 0 Å². The quantitative estimate of drug-likeness (QED) is 0.883. The van der Waals surface area contributed by atoms with Gasteiger partial charge in [0.25, 0.3) is 0 Å². The maximum atomic E-state index is 6.08. The Labute approximate surface area is 99.1 Å². The first-order chi connectivity index (χ1) is 7.66. The van der Waals surface area contributed by atoms with Crippen molar-refractivity contribution >= 4 is 11.6 Å². The van der Waals surface area contributed by atoms with E-state index in [2.05, 4.69) is 10.1 Å². The lowest BCUT2D eigenvalue weighted by Gasteiger charge is -2.11. The second-order valence-electron chi connectivity index (χ2n) is 3.67. The van der Waals surface area contributed by atoms with Gasteiger partial charge in [0.05, 0.1) is 0 Å². The molecule has 0 amide bonds. The zero-order valence-electron chi connectivity index (χ0n) is 8.97. The van der Waals surface area contributed by atoms with E-state index in [1.54, 1.807) is 4.68 Å². The fraction of sp³-hybridized carbons (Fsp3) is 0.273. The molecular formula is C11H13ClN4. The van der Waals surface area contributed by atoms with Crippen molar-refractivity contribution in [1.82, 2.24) is 14.8 Å². The van der Waals surface area contributed by atoms with Gasteiger partial charge < -0.3 is 5.73 Å². The Kier molecular flexibility index (Phi) is 3.22. The van der Waals surface area contributed by atoms with Crippen LogP contribution in [0.15, 0.2) is 30.6 Å². The molecule has 0 aliphatic heterocycles. The van der Waals surface area contributed by atoms with Crippen LogP contribution in [0.2, 0.25) is 5.02 Å². The van der Waals surface area contributed by atoms with Crippen molar-refractivity contribution in [1.29, 1.82) is 0 Å². The first-order valence-corrected chi connectivity index (χ1v) is 5.38. The number of halogens is 1. The summed E-state index contributed by atoms with van der Waals surface area (Å²) < 4.78 is 1.73. The molecule has 4 nitrogen and oxygen atoms in total. The van der Waals surface area contributed by atoms with E-state index in [4.69, 9.17) is 17.3 Å². The van der Waals surface area contributed by atoms with Crippen LogP contribution in [0.25, 0.3) is 0 Å². The predicted molar refractivity (Wildman–Crippen MR) is 63.1 cm³/mol. The van der Waals surface area contributed by atoms with Crippen LogP contribution in [-0.4, -0.2) is 14.8 Å². The van der Waals surface area contributed by atoms with Crippen LogP contribution in [0, 0.1) is 0 Å². The van der Waals surface area contributed by atoms with Crippen LogP contribution in [0.5, 0.6) is 0 Å². The third kappa shape index (κ3) is 2.40. The Balaban J connectivity index is 2.14. The van der Waals surface area contributed by atoms with Gasteiger partial charge in [-0.05, 0) is 17.7 Å². The van der Waals surface area contributed by atoms with E-state index < -0.39 is 0 Å². The van der Waals surface area contributed by atoms with Crippen LogP contribution in [0.1, 0.15) is 17.4 Å². The first-order valence-electron chi connectivity index (χ1n) is 5.00. The first kappa shape index (κ1) is 11.1. The summed E-state index contributed by atoms with van der Waals surface area (Å²) in [7, 11) is 1.85. The molecule has 1 atom stereocenters. The highest BCUT2D eigenvalue weighted by molar-refractivity contribution is 6.30. The molecular weight excluding hydrogens is 224 g/mol. The fourth-order valence-electron chi connectivity index (χ4n) is 1.56. The van der Waals surface area contributed by atoms with Gasteiger partial charge in [-0.3, -0.25) is 4.68 Å². The van der Waals surface area contributed by atoms with Crippen LogP contribution in [0.3, 0.4) is 0 Å². The molecule has 0 fully saturated rings. The van der Waals surface area contributed by atoms with Crippen molar-refractivity contribution in [2.45, 2.75) is 12.5 Å². The molecule has 0 aliphatic carbocycles. The van der Waals surface area contributed by atoms with Crippen molar-refractivity contribution in [2.75, 3.05) is 0 Å². The summed E-state index contributed by atoms with van der Waals surface area (Å²) in [6.07, 6.45) is 2.18. The average molecular weight is 237 g/mol. The van der Waals surface area contributed by atoms with Crippen LogP contribution >= 0.6 is 11.6 Å². The van der Waals surface area contributed by atoms with Crippen LogP contribution < -0.4 is 5.73 Å². The molecule has 0 bridgehead atoms. The minimum atomic E-state index is -0.110. The molecule has 1 aromatic carbocycles. The summed E-state index contributed by atoms with van der Waals surface area (Å²) in [4.78, 5) is 4.14.